The summed E-state index contributed by atoms with van der Waals surface area (Å²) in [5, 5.41) is 0. The van der Waals surface area contributed by atoms with E-state index in [1.807, 2.05) is 30.3 Å². The molecule has 0 unspecified atom stereocenters. The van der Waals surface area contributed by atoms with E-state index in [0.29, 0.717) is 17.7 Å². The van der Waals surface area contributed by atoms with Crippen LogP contribution in [-0.4, -0.2) is 24.5 Å². The van der Waals surface area contributed by atoms with Crippen LogP contribution in [0.2, 0.25) is 0 Å². The largest absolute Gasteiger partial charge is 0.462 e. The van der Waals surface area contributed by atoms with Gasteiger partial charge in [0.1, 0.15) is 6.15 Å². The van der Waals surface area contributed by atoms with Crippen LogP contribution in [0, 0.1) is 0 Å². The topological polar surface area (TPSA) is 47.2 Å². The number of ketones is 1. The summed E-state index contributed by atoms with van der Waals surface area (Å²) in [5.74, 6) is -0.253. The quantitative estimate of drug-likeness (QED) is 0.0143. The molecule has 5 aromatic carbocycles. The molecule has 1 aromatic heterocycles. The van der Waals surface area contributed by atoms with Gasteiger partial charge in [-0.15, -0.1) is 0 Å². The van der Waals surface area contributed by atoms with Crippen molar-refractivity contribution in [2.75, 3.05) is 6.61 Å². The van der Waals surface area contributed by atoms with Gasteiger partial charge in [-0.1, -0.05) is 182 Å². The van der Waals surface area contributed by atoms with Gasteiger partial charge in [0.25, 0.3) is 0 Å². The maximum atomic E-state index is 14.2. The van der Waals surface area contributed by atoms with Gasteiger partial charge in [0, 0.05) is 17.7 Å². The maximum Gasteiger partial charge on any atom is 0.416 e. The van der Waals surface area contributed by atoms with Gasteiger partial charge in [-0.25, -0.2) is 4.79 Å². The lowest BCUT2D eigenvalue weighted by atomic mass is 9.12. The van der Waals surface area contributed by atoms with Crippen LogP contribution in [0.15, 0.2) is 128 Å². The molecule has 0 amide bonds. The highest BCUT2D eigenvalue weighted by Crippen LogP contribution is 2.42. The van der Waals surface area contributed by atoms with Gasteiger partial charge >= 0.3 is 55.4 Å². The molecule has 0 aliphatic heterocycles. The zero-order valence-electron chi connectivity index (χ0n) is 49.2. The van der Waals surface area contributed by atoms with Crippen molar-refractivity contribution in [2.24, 2.45) is 0 Å². The fraction of sp³-hybridized carbons (Fsp3) is 0.422. The third-order valence-electron chi connectivity index (χ3n) is 15.2. The number of esters is 1. The van der Waals surface area contributed by atoms with Gasteiger partial charge in [0.15, 0.2) is 12.4 Å². The van der Waals surface area contributed by atoms with Crippen molar-refractivity contribution in [3.63, 3.8) is 0 Å². The Morgan fingerprint density at radius 1 is 0.333 bits per heavy atom. The molecule has 0 bridgehead atoms. The third kappa shape index (κ3) is 22.2. The van der Waals surface area contributed by atoms with Crippen LogP contribution in [-0.2, 0) is 60.7 Å². The minimum absolute atomic E-state index is 0.0411. The number of benzene rings is 5. The van der Waals surface area contributed by atoms with Gasteiger partial charge in [0.05, 0.1) is 56.7 Å². The minimum atomic E-state index is -6.13. The highest BCUT2D eigenvalue weighted by Gasteiger charge is 2.47. The first-order valence-corrected chi connectivity index (χ1v) is 29.1. The number of nitrogens with zero attached hydrogens (tertiary/aromatic N) is 1. The number of pyridine rings is 1. The van der Waals surface area contributed by atoms with Crippen LogP contribution in [0.25, 0.3) is 0 Å². The van der Waals surface area contributed by atoms with Crippen molar-refractivity contribution in [1.29, 1.82) is 0 Å². The number of halogens is 24. The molecule has 510 valence electrons. The predicted molar refractivity (Wildman–Crippen MR) is 297 cm³/mol. The van der Waals surface area contributed by atoms with Crippen LogP contribution in [0.4, 0.5) is 105 Å². The lowest BCUT2D eigenvalue weighted by Gasteiger charge is -2.46. The van der Waals surface area contributed by atoms with Crippen LogP contribution < -0.4 is 26.4 Å². The predicted octanol–water partition coefficient (Wildman–Crippen LogP) is 19.5. The molecule has 0 aliphatic rings. The second kappa shape index (κ2) is 31.3. The average Bonchev–Trinajstić information content (AvgIpc) is 0.709. The monoisotopic (exact) mass is 1360 g/mol. The van der Waals surface area contributed by atoms with Crippen molar-refractivity contribution in [3.8, 4) is 0 Å². The summed E-state index contributed by atoms with van der Waals surface area (Å²) >= 11 is 0. The van der Waals surface area contributed by atoms with E-state index in [9.17, 15) is 115 Å². The summed E-state index contributed by atoms with van der Waals surface area (Å²) in [4.78, 5) is 24.6. The minimum Gasteiger partial charge on any atom is -0.462 e. The number of carbonyl (C=O) groups excluding carboxylic acids is 2. The Kier molecular flexibility index (Phi) is 25.8. The number of rotatable bonds is 25. The molecule has 6 rings (SSSR count). The molecule has 0 aliphatic carbocycles. The smallest absolute Gasteiger partial charge is 0.416 e. The fourth-order valence-corrected chi connectivity index (χ4v) is 10.5. The lowest BCUT2D eigenvalue weighted by Crippen LogP contribution is -2.75. The zero-order chi connectivity index (χ0) is 69.6. The summed E-state index contributed by atoms with van der Waals surface area (Å²) < 4.78 is 348. The van der Waals surface area contributed by atoms with Gasteiger partial charge in [-0.05, 0) is 30.7 Å². The normalized spacial score (nSPS) is 13.0. The number of aromatic nitrogens is 1. The van der Waals surface area contributed by atoms with Crippen LogP contribution in [0.5, 0.6) is 0 Å². The van der Waals surface area contributed by atoms with E-state index in [0.717, 1.165) is 12.8 Å². The molecule has 0 saturated carbocycles. The Balaban J connectivity index is 0.000000374. The van der Waals surface area contributed by atoms with Crippen LogP contribution >= 0.6 is 0 Å². The molecule has 29 heteroatoms. The number of hydrogen-bond acceptors (Lipinski definition) is 3. The van der Waals surface area contributed by atoms with Gasteiger partial charge in [0.2, 0.25) is 12.3 Å². The van der Waals surface area contributed by atoms with Gasteiger partial charge < -0.3 is 4.74 Å². The number of unbranched alkanes of at least 4 members (excludes halogenated alkanes) is 15. The standard InChI is InChI=1S/C32H12BF24.C32H48NO3/c34-25(35,36)13-1-14(26(37,38)39)6-21(5-13)33(22-7-15(27(40,41)42)2-16(8-22)28(43,44)45,23-9-17(29(46,47)48)3-18(10-23)30(49,50)51)24-11-19(31(52,53)54)4-20(12-24)32(55,56)57;1-2-3-4-5-6-7-8-9-10-11-12-13-14-15-16-20-27-36-32(35)30-23-25-33(26-24-30)28-31(34)29-21-18-17-19-22-29/h1-12H;17-19,21-26H,2-16,20,27-28H2,1H3/q-1;+1. The Labute approximate surface area is 518 Å². The molecular weight excluding hydrogens is 1300 g/mol. The highest BCUT2D eigenvalue weighted by atomic mass is 19.4. The molecule has 6 aromatic rings. The molecule has 0 spiro atoms. The highest BCUT2D eigenvalue weighted by molar-refractivity contribution is 7.20. The van der Waals surface area contributed by atoms with E-state index in [2.05, 4.69) is 6.92 Å². The third-order valence-corrected chi connectivity index (χ3v) is 15.2. The molecule has 0 fully saturated rings. The fourth-order valence-electron chi connectivity index (χ4n) is 10.5. The first-order valence-electron chi connectivity index (χ1n) is 29.1. The maximum absolute atomic E-state index is 14.2. The Hall–Kier alpha value is -7.23. The SMILES string of the molecule is CCCCCCCCCCCCCCCCCCOC(=O)c1cc[n+](CC(=O)c2ccccc2)cc1.FC(F)(F)c1cc([B-](c2cc(C(F)(F)F)cc(C(F)(F)F)c2)(c2cc(C(F)(F)F)cc(C(F)(F)F)c2)c2cc(C(F)(F)F)cc(C(F)(F)F)c2)cc(C(F)(F)F)c1. The number of carbonyl (C=O) groups is 2. The van der Waals surface area contributed by atoms with Crippen LogP contribution in [0.3, 0.4) is 0 Å². The summed E-state index contributed by atoms with van der Waals surface area (Å²) in [6.07, 6.45) is -30.0. The van der Waals surface area contributed by atoms with Gasteiger partial charge in [-0.3, -0.25) is 4.79 Å². The summed E-state index contributed by atoms with van der Waals surface area (Å²) in [7, 11) is 0. The molecule has 0 radical (unpaired) electrons. The molecule has 0 saturated heterocycles. The molecule has 93 heavy (non-hydrogen) atoms. The van der Waals surface area contributed by atoms with Gasteiger partial charge in [-0.2, -0.15) is 132 Å². The second-order valence-corrected chi connectivity index (χ2v) is 22.2. The lowest BCUT2D eigenvalue weighted by molar-refractivity contribution is -0.683. The first kappa shape index (κ1) is 76.5. The summed E-state index contributed by atoms with van der Waals surface area (Å²) in [6, 6.07) is 3.86. The van der Waals surface area contributed by atoms with E-state index < -0.39 is 195 Å². The van der Waals surface area contributed by atoms with Crippen molar-refractivity contribution >= 4 is 39.7 Å². The number of hydrogen-bond donors (Lipinski definition) is 0. The Bertz CT molecular complexity index is 2960. The van der Waals surface area contributed by atoms with E-state index in [1.54, 1.807) is 29.1 Å². The molecule has 0 atom stereocenters. The van der Waals surface area contributed by atoms with E-state index >= 15 is 0 Å². The van der Waals surface area contributed by atoms with Crippen molar-refractivity contribution in [3.05, 3.63) is 183 Å². The van der Waals surface area contributed by atoms with E-state index in [1.165, 1.54) is 89.9 Å². The van der Waals surface area contributed by atoms with E-state index in [4.69, 9.17) is 4.74 Å². The molecule has 1 heterocycles. The van der Waals surface area contributed by atoms with Crippen molar-refractivity contribution < 1.29 is 124 Å². The Morgan fingerprint density at radius 3 is 0.828 bits per heavy atom. The molecule has 4 nitrogen and oxygen atoms in total. The first-order chi connectivity index (χ1) is 43.0. The van der Waals surface area contributed by atoms with Crippen molar-refractivity contribution in [1.82, 2.24) is 0 Å². The second-order valence-electron chi connectivity index (χ2n) is 22.2. The number of ether oxygens (including phenoxy) is 1. The van der Waals surface area contributed by atoms with E-state index in [-0.39, 0.29) is 18.3 Å². The zero-order valence-corrected chi connectivity index (χ0v) is 49.2. The molecule has 0 N–H and O–H groups in total. The molecular formula is C64H60BF24NO3. The average molecular weight is 1360 g/mol. The van der Waals surface area contributed by atoms with Crippen LogP contribution in [0.1, 0.15) is 175 Å². The summed E-state index contributed by atoms with van der Waals surface area (Å²) in [5.41, 5.74) is -29.0. The number of Topliss-reactive ketones (excluding diaryl/α,β-unsaturated/α-hetero) is 1. The summed E-state index contributed by atoms with van der Waals surface area (Å²) in [6.45, 7) is 3.00. The van der Waals surface area contributed by atoms with Crippen molar-refractivity contribution in [2.45, 2.75) is 166 Å². The number of alkyl halides is 24. The Morgan fingerprint density at radius 2 is 0.581 bits per heavy atom.